The molecule has 0 aliphatic carbocycles. The fourth-order valence-electron chi connectivity index (χ4n) is 1.30. The summed E-state index contributed by atoms with van der Waals surface area (Å²) in [6.07, 6.45) is 8.43. The summed E-state index contributed by atoms with van der Waals surface area (Å²) in [6, 6.07) is 0. The van der Waals surface area contributed by atoms with E-state index in [1.807, 2.05) is 0 Å². The third kappa shape index (κ3) is 1.44. The van der Waals surface area contributed by atoms with Crippen LogP contribution in [0.3, 0.4) is 0 Å². The number of nitrogens with zero attached hydrogens (tertiary/aromatic N) is 5. The first-order valence-electron chi connectivity index (χ1n) is 4.61. The summed E-state index contributed by atoms with van der Waals surface area (Å²) in [4.78, 5) is 4.20. The van der Waals surface area contributed by atoms with Crippen LogP contribution >= 0.6 is 0 Å². The molecule has 0 saturated carbocycles. The minimum absolute atomic E-state index is 0.543. The molecule has 3 aromatic rings. The van der Waals surface area contributed by atoms with E-state index in [0.29, 0.717) is 11.5 Å². The second-order valence-corrected chi connectivity index (χ2v) is 3.14. The van der Waals surface area contributed by atoms with Crippen LogP contribution in [0.2, 0.25) is 0 Å². The fraction of sp³-hybridized carbons (Fsp3) is 0. The molecule has 0 saturated heterocycles. The molecule has 0 fully saturated rings. The van der Waals surface area contributed by atoms with Crippen LogP contribution in [0.4, 0.5) is 0 Å². The second-order valence-electron chi connectivity index (χ2n) is 3.14. The van der Waals surface area contributed by atoms with Crippen LogP contribution in [-0.2, 0) is 0 Å². The van der Waals surface area contributed by atoms with Crippen LogP contribution in [0.1, 0.15) is 0 Å². The molecule has 3 aromatic heterocycles. The number of aromatic nitrogens is 7. The summed E-state index contributed by atoms with van der Waals surface area (Å²) in [7, 11) is 0. The van der Waals surface area contributed by atoms with Gasteiger partial charge in [-0.25, -0.2) is 4.98 Å². The highest BCUT2D eigenvalue weighted by atomic mass is 15.2. The van der Waals surface area contributed by atoms with E-state index in [0.717, 1.165) is 11.1 Å². The fourth-order valence-corrected chi connectivity index (χ4v) is 1.30. The smallest absolute Gasteiger partial charge is 0.184 e. The molecule has 2 N–H and O–H groups in total. The number of hydrogen-bond acceptors (Lipinski definition) is 5. The van der Waals surface area contributed by atoms with Crippen LogP contribution in [0.5, 0.6) is 0 Å². The SMILES string of the molecule is c1n[nH]cc1-c1cnc(-c2cn[nH]c2)nn1. The lowest BCUT2D eigenvalue weighted by molar-refractivity contribution is 0.988. The molecule has 0 spiro atoms. The molecule has 3 rings (SSSR count). The maximum atomic E-state index is 4.20. The number of nitrogens with one attached hydrogen (secondary N) is 2. The van der Waals surface area contributed by atoms with Crippen LogP contribution in [-0.4, -0.2) is 35.6 Å². The number of H-pyrrole nitrogens is 2. The summed E-state index contributed by atoms with van der Waals surface area (Å²) in [5.41, 5.74) is 2.35. The molecule has 0 aromatic carbocycles. The Kier molecular flexibility index (Phi) is 1.93. The molecule has 0 unspecified atom stereocenters. The molecule has 0 radical (unpaired) electrons. The van der Waals surface area contributed by atoms with Gasteiger partial charge in [0.05, 0.1) is 24.2 Å². The molecule has 3 heterocycles. The van der Waals surface area contributed by atoms with Gasteiger partial charge >= 0.3 is 0 Å². The number of rotatable bonds is 2. The topological polar surface area (TPSA) is 96.0 Å². The van der Waals surface area contributed by atoms with E-state index < -0.39 is 0 Å². The molecule has 16 heavy (non-hydrogen) atoms. The Labute approximate surface area is 90.0 Å². The normalized spacial score (nSPS) is 10.5. The third-order valence-electron chi connectivity index (χ3n) is 2.11. The lowest BCUT2D eigenvalue weighted by Gasteiger charge is -1.96. The van der Waals surface area contributed by atoms with Crippen molar-refractivity contribution in [2.24, 2.45) is 0 Å². The average Bonchev–Trinajstić information content (AvgIpc) is 3.03. The predicted molar refractivity (Wildman–Crippen MR) is 55.0 cm³/mol. The molecule has 78 valence electrons. The van der Waals surface area contributed by atoms with Gasteiger partial charge < -0.3 is 0 Å². The molecule has 0 aliphatic rings. The summed E-state index contributed by atoms with van der Waals surface area (Å²) in [6.45, 7) is 0. The van der Waals surface area contributed by atoms with Crippen LogP contribution in [0.25, 0.3) is 22.6 Å². The molecule has 0 aliphatic heterocycles. The van der Waals surface area contributed by atoms with Gasteiger partial charge in [0, 0.05) is 18.0 Å². The second kappa shape index (κ2) is 3.54. The van der Waals surface area contributed by atoms with Gasteiger partial charge in [0.2, 0.25) is 0 Å². The maximum absolute atomic E-state index is 4.20. The van der Waals surface area contributed by atoms with Crippen molar-refractivity contribution in [2.75, 3.05) is 0 Å². The third-order valence-corrected chi connectivity index (χ3v) is 2.11. The first-order valence-corrected chi connectivity index (χ1v) is 4.61. The molecule has 7 heteroatoms. The van der Waals surface area contributed by atoms with Crippen LogP contribution < -0.4 is 0 Å². The predicted octanol–water partition coefficient (Wildman–Crippen LogP) is 0.652. The highest BCUT2D eigenvalue weighted by molar-refractivity contribution is 5.57. The van der Waals surface area contributed by atoms with Crippen molar-refractivity contribution in [1.29, 1.82) is 0 Å². The summed E-state index contributed by atoms with van der Waals surface area (Å²) in [5.74, 6) is 0.543. The van der Waals surface area contributed by atoms with Gasteiger partial charge in [0.25, 0.3) is 0 Å². The minimum Gasteiger partial charge on any atom is -0.285 e. The van der Waals surface area contributed by atoms with E-state index in [1.165, 1.54) is 0 Å². The van der Waals surface area contributed by atoms with Crippen molar-refractivity contribution < 1.29 is 0 Å². The van der Waals surface area contributed by atoms with E-state index in [9.17, 15) is 0 Å². The zero-order valence-corrected chi connectivity index (χ0v) is 8.12. The van der Waals surface area contributed by atoms with Crippen molar-refractivity contribution >= 4 is 0 Å². The maximum Gasteiger partial charge on any atom is 0.184 e. The van der Waals surface area contributed by atoms with Crippen molar-refractivity contribution in [3.63, 3.8) is 0 Å². The lowest BCUT2D eigenvalue weighted by Crippen LogP contribution is -1.93. The van der Waals surface area contributed by atoms with Crippen molar-refractivity contribution in [3.05, 3.63) is 31.0 Å². The van der Waals surface area contributed by atoms with Gasteiger partial charge in [-0.1, -0.05) is 0 Å². The van der Waals surface area contributed by atoms with Gasteiger partial charge in [0.1, 0.15) is 5.69 Å². The van der Waals surface area contributed by atoms with Gasteiger partial charge in [-0.15, -0.1) is 10.2 Å². The Balaban J connectivity index is 1.97. The van der Waals surface area contributed by atoms with E-state index in [2.05, 4.69) is 35.6 Å². The zero-order valence-electron chi connectivity index (χ0n) is 8.12. The lowest BCUT2D eigenvalue weighted by atomic mass is 10.3. The highest BCUT2D eigenvalue weighted by Crippen LogP contribution is 2.15. The van der Waals surface area contributed by atoms with Gasteiger partial charge in [0.15, 0.2) is 5.82 Å². The minimum atomic E-state index is 0.543. The molecular weight excluding hydrogens is 206 g/mol. The van der Waals surface area contributed by atoms with E-state index in [4.69, 9.17) is 0 Å². The van der Waals surface area contributed by atoms with Gasteiger partial charge in [-0.05, 0) is 0 Å². The highest BCUT2D eigenvalue weighted by Gasteiger charge is 2.05. The van der Waals surface area contributed by atoms with Crippen molar-refractivity contribution in [2.45, 2.75) is 0 Å². The Bertz CT molecular complexity index is 499. The van der Waals surface area contributed by atoms with E-state index in [-0.39, 0.29) is 0 Å². The van der Waals surface area contributed by atoms with Crippen molar-refractivity contribution in [1.82, 2.24) is 35.6 Å². The van der Waals surface area contributed by atoms with Crippen LogP contribution in [0.15, 0.2) is 31.0 Å². The zero-order chi connectivity index (χ0) is 10.8. The van der Waals surface area contributed by atoms with E-state index >= 15 is 0 Å². The Hall–Kier alpha value is -2.57. The number of aromatic amines is 2. The Morgan fingerprint density at radius 2 is 1.56 bits per heavy atom. The molecule has 0 atom stereocenters. The summed E-state index contributed by atoms with van der Waals surface area (Å²) >= 11 is 0. The summed E-state index contributed by atoms with van der Waals surface area (Å²) < 4.78 is 0. The van der Waals surface area contributed by atoms with Crippen LogP contribution in [0, 0.1) is 0 Å². The van der Waals surface area contributed by atoms with Gasteiger partial charge in [-0.3, -0.25) is 10.2 Å². The first-order chi connectivity index (χ1) is 7.93. The Morgan fingerprint density at radius 3 is 2.12 bits per heavy atom. The van der Waals surface area contributed by atoms with Crippen molar-refractivity contribution in [3.8, 4) is 22.6 Å². The largest absolute Gasteiger partial charge is 0.285 e. The average molecular weight is 213 g/mol. The number of hydrogen-bond donors (Lipinski definition) is 2. The van der Waals surface area contributed by atoms with Gasteiger partial charge in [-0.2, -0.15) is 10.2 Å². The first kappa shape index (κ1) is 8.72. The molecule has 0 bridgehead atoms. The standard InChI is InChI=1S/C9H7N7/c1-6(2-12-11-1)8-5-10-9(16-15-8)7-3-13-14-4-7/h1-5H,(H,11,12)(H,13,14). The summed E-state index contributed by atoms with van der Waals surface area (Å²) in [5, 5.41) is 21.1. The van der Waals surface area contributed by atoms with E-state index in [1.54, 1.807) is 31.0 Å². The molecule has 7 nitrogen and oxygen atoms in total. The monoisotopic (exact) mass is 213 g/mol. The molecule has 0 amide bonds. The Morgan fingerprint density at radius 1 is 0.812 bits per heavy atom. The molecular formula is C9H7N7. The quantitative estimate of drug-likeness (QED) is 0.651.